The van der Waals surface area contributed by atoms with Crippen molar-refractivity contribution in [1.29, 1.82) is 5.41 Å². The van der Waals surface area contributed by atoms with Gasteiger partial charge in [-0.3, -0.25) is 9.69 Å². The number of carbonyl (C=O) groups excluding carboxylic acids is 1. The molecule has 2 aromatic rings. The van der Waals surface area contributed by atoms with Crippen LogP contribution in [0.4, 0.5) is 17.3 Å². The molecule has 3 aliphatic rings. The van der Waals surface area contributed by atoms with Gasteiger partial charge >= 0.3 is 0 Å². The van der Waals surface area contributed by atoms with Crippen molar-refractivity contribution in [3.05, 3.63) is 64.6 Å². The molecule has 0 bridgehead atoms. The van der Waals surface area contributed by atoms with E-state index in [1.54, 1.807) is 0 Å². The van der Waals surface area contributed by atoms with Crippen LogP contribution in [0.5, 0.6) is 0 Å². The van der Waals surface area contributed by atoms with Crippen LogP contribution in [0.15, 0.2) is 47.8 Å². The van der Waals surface area contributed by atoms with E-state index in [-0.39, 0.29) is 5.91 Å². The van der Waals surface area contributed by atoms with Crippen molar-refractivity contribution in [3.8, 4) is 0 Å². The molecule has 1 fully saturated rings. The van der Waals surface area contributed by atoms with Crippen LogP contribution in [0.3, 0.4) is 0 Å². The Morgan fingerprint density at radius 3 is 2.85 bits per heavy atom. The molecular formula is C24H28N8O. The lowest BCUT2D eigenvalue weighted by atomic mass is 10.0. The number of nitrogens with zero attached hydrogens (tertiary/aromatic N) is 4. The molecule has 0 radical (unpaired) electrons. The van der Waals surface area contributed by atoms with E-state index in [1.807, 2.05) is 55.3 Å². The normalized spacial score (nSPS) is 18.2. The van der Waals surface area contributed by atoms with Crippen LogP contribution in [0, 0.1) is 5.41 Å². The summed E-state index contributed by atoms with van der Waals surface area (Å²) in [5.41, 5.74) is 6.57. The van der Waals surface area contributed by atoms with Gasteiger partial charge in [0.2, 0.25) is 5.95 Å². The maximum absolute atomic E-state index is 12.9. The van der Waals surface area contributed by atoms with E-state index in [1.165, 1.54) is 6.21 Å². The molecule has 170 valence electrons. The molecule has 0 saturated carbocycles. The van der Waals surface area contributed by atoms with E-state index >= 15 is 0 Å². The first-order valence-corrected chi connectivity index (χ1v) is 11.2. The first-order chi connectivity index (χ1) is 16.0. The minimum atomic E-state index is 0.0770. The molecule has 3 aliphatic heterocycles. The van der Waals surface area contributed by atoms with Crippen molar-refractivity contribution < 1.29 is 4.79 Å². The maximum Gasteiger partial charge on any atom is 0.254 e. The Bertz CT molecular complexity index is 1170. The molecule has 9 heteroatoms. The molecule has 0 unspecified atom stereocenters. The summed E-state index contributed by atoms with van der Waals surface area (Å²) in [4.78, 5) is 26.3. The van der Waals surface area contributed by atoms with Crippen LogP contribution < -0.4 is 16.0 Å². The minimum Gasteiger partial charge on any atom is -0.366 e. The van der Waals surface area contributed by atoms with Gasteiger partial charge in [-0.1, -0.05) is 11.6 Å². The molecule has 4 heterocycles. The monoisotopic (exact) mass is 444 g/mol. The van der Waals surface area contributed by atoms with Gasteiger partial charge in [0.25, 0.3) is 5.91 Å². The van der Waals surface area contributed by atoms with Gasteiger partial charge in [-0.05, 0) is 38.1 Å². The zero-order chi connectivity index (χ0) is 22.9. The lowest BCUT2D eigenvalue weighted by Gasteiger charge is -2.44. The lowest BCUT2D eigenvalue weighted by Crippen LogP contribution is -2.59. The third-order valence-electron chi connectivity index (χ3n) is 6.42. The standard InChI is InChI=1S/C24H28N8O/c1-3-15(2)6-18(8-25)29-24-26-9-17-10-31(13-22(17)30-24)19-11-32(12-19)23(33)16-4-5-20-21(7-16)28-14-27-20/h3-9,19,25,27-28H,10-14H2,1-2H3,(H,26,29,30)/b15-3-,18-6+,25-8?. The summed E-state index contributed by atoms with van der Waals surface area (Å²) in [6.07, 6.45) is 7.01. The van der Waals surface area contributed by atoms with Crippen LogP contribution in [0.1, 0.15) is 35.5 Å². The fraction of sp³-hybridized carbons (Fsp3) is 0.333. The number of amides is 1. The number of likely N-dealkylation sites (tertiary alicyclic amines) is 1. The summed E-state index contributed by atoms with van der Waals surface area (Å²) in [6, 6.07) is 6.10. The molecule has 9 nitrogen and oxygen atoms in total. The summed E-state index contributed by atoms with van der Waals surface area (Å²) < 4.78 is 0. The zero-order valence-electron chi connectivity index (χ0n) is 18.9. The van der Waals surface area contributed by atoms with Gasteiger partial charge in [0.15, 0.2) is 0 Å². The van der Waals surface area contributed by atoms with Gasteiger partial charge < -0.3 is 26.3 Å². The second kappa shape index (κ2) is 8.67. The van der Waals surface area contributed by atoms with Crippen molar-refractivity contribution in [2.24, 2.45) is 0 Å². The van der Waals surface area contributed by atoms with Crippen LogP contribution in [-0.2, 0) is 13.1 Å². The van der Waals surface area contributed by atoms with E-state index < -0.39 is 0 Å². The molecule has 0 spiro atoms. The third-order valence-corrected chi connectivity index (χ3v) is 6.42. The van der Waals surface area contributed by atoms with Crippen LogP contribution >= 0.6 is 0 Å². The third kappa shape index (κ3) is 4.19. The fourth-order valence-corrected chi connectivity index (χ4v) is 4.32. The van der Waals surface area contributed by atoms with Crippen molar-refractivity contribution in [2.75, 3.05) is 35.7 Å². The highest BCUT2D eigenvalue weighted by atomic mass is 16.2. The van der Waals surface area contributed by atoms with E-state index in [0.29, 0.717) is 24.4 Å². The number of nitrogens with one attached hydrogen (secondary N) is 4. The number of carbonyl (C=O) groups is 1. The van der Waals surface area contributed by atoms with E-state index in [4.69, 9.17) is 5.41 Å². The van der Waals surface area contributed by atoms with Gasteiger partial charge in [-0.15, -0.1) is 0 Å². The number of benzene rings is 1. The highest BCUT2D eigenvalue weighted by molar-refractivity contribution is 5.97. The second-order valence-electron chi connectivity index (χ2n) is 8.63. The highest BCUT2D eigenvalue weighted by Crippen LogP contribution is 2.30. The summed E-state index contributed by atoms with van der Waals surface area (Å²) >= 11 is 0. The Kier molecular flexibility index (Phi) is 5.55. The molecule has 1 aromatic carbocycles. The van der Waals surface area contributed by atoms with Gasteiger partial charge in [0.05, 0.1) is 29.4 Å². The average molecular weight is 445 g/mol. The molecule has 0 atom stereocenters. The maximum atomic E-state index is 12.9. The number of hydrogen-bond donors (Lipinski definition) is 4. The lowest BCUT2D eigenvalue weighted by molar-refractivity contribution is 0.0249. The predicted octanol–water partition coefficient (Wildman–Crippen LogP) is 3.02. The van der Waals surface area contributed by atoms with E-state index in [9.17, 15) is 4.79 Å². The van der Waals surface area contributed by atoms with Crippen molar-refractivity contribution in [2.45, 2.75) is 33.0 Å². The average Bonchev–Trinajstić information content (AvgIpc) is 3.43. The zero-order valence-corrected chi connectivity index (χ0v) is 18.9. The summed E-state index contributed by atoms with van der Waals surface area (Å²) in [5, 5.41) is 17.2. The molecular weight excluding hydrogens is 416 g/mol. The summed E-state index contributed by atoms with van der Waals surface area (Å²) in [7, 11) is 0. The van der Waals surface area contributed by atoms with Crippen molar-refractivity contribution in [1.82, 2.24) is 19.8 Å². The largest absolute Gasteiger partial charge is 0.366 e. The Hall–Kier alpha value is -3.72. The molecule has 4 N–H and O–H groups in total. The molecule has 1 amide bonds. The smallest absolute Gasteiger partial charge is 0.254 e. The van der Waals surface area contributed by atoms with Crippen molar-refractivity contribution >= 4 is 29.4 Å². The second-order valence-corrected chi connectivity index (χ2v) is 8.63. The highest BCUT2D eigenvalue weighted by Gasteiger charge is 2.38. The van der Waals surface area contributed by atoms with Gasteiger partial charge in [-0.2, -0.15) is 0 Å². The Morgan fingerprint density at radius 2 is 2.06 bits per heavy atom. The van der Waals surface area contributed by atoms with Crippen LogP contribution in [0.25, 0.3) is 0 Å². The number of fused-ring (bicyclic) bond motifs is 2. The van der Waals surface area contributed by atoms with Gasteiger partial charge in [-0.25, -0.2) is 9.97 Å². The molecule has 0 aliphatic carbocycles. The first-order valence-electron chi connectivity index (χ1n) is 11.2. The molecule has 1 saturated heterocycles. The first kappa shape index (κ1) is 21.1. The van der Waals surface area contributed by atoms with E-state index in [0.717, 1.165) is 59.9 Å². The molecule has 5 rings (SSSR count). The number of hydrogen-bond acceptors (Lipinski definition) is 8. The molecule has 1 aromatic heterocycles. The number of anilines is 3. The Balaban J connectivity index is 1.19. The van der Waals surface area contributed by atoms with E-state index in [2.05, 4.69) is 30.8 Å². The van der Waals surface area contributed by atoms with Crippen LogP contribution in [0.2, 0.25) is 0 Å². The van der Waals surface area contributed by atoms with Crippen LogP contribution in [-0.4, -0.2) is 57.7 Å². The predicted molar refractivity (Wildman–Crippen MR) is 129 cm³/mol. The topological polar surface area (TPSA) is 109 Å². The number of allylic oxidation sites excluding steroid dienone is 4. The molecule has 33 heavy (non-hydrogen) atoms. The van der Waals surface area contributed by atoms with Gasteiger partial charge in [0.1, 0.15) is 0 Å². The van der Waals surface area contributed by atoms with Gasteiger partial charge in [0, 0.05) is 55.8 Å². The fourth-order valence-electron chi connectivity index (χ4n) is 4.32. The number of aromatic nitrogens is 2. The summed E-state index contributed by atoms with van der Waals surface area (Å²) in [5.74, 6) is 0.576. The SMILES string of the molecule is C/C=C(C)\C=C(/C=N)Nc1ncc2c(n1)CN(C1CN(C(=O)c3ccc4c(c3)NCN4)C1)C2. The Morgan fingerprint density at radius 1 is 1.24 bits per heavy atom. The number of rotatable bonds is 6. The minimum absolute atomic E-state index is 0.0770. The van der Waals surface area contributed by atoms with Crippen molar-refractivity contribution in [3.63, 3.8) is 0 Å². The summed E-state index contributed by atoms with van der Waals surface area (Å²) in [6.45, 7) is 7.62. The Labute approximate surface area is 193 Å². The quantitative estimate of drug-likeness (QED) is 0.401.